The Bertz CT molecular complexity index is 1740. The minimum absolute atomic E-state index is 0.00836. The van der Waals surface area contributed by atoms with Crippen LogP contribution in [0.4, 0.5) is 5.69 Å². The number of piperazine rings is 1. The number of ether oxygens (including phenoxy) is 3. The highest BCUT2D eigenvalue weighted by Crippen LogP contribution is 2.50. The van der Waals surface area contributed by atoms with E-state index in [0.29, 0.717) is 60.9 Å². The molecule has 2 N–H and O–H groups in total. The summed E-state index contributed by atoms with van der Waals surface area (Å²) in [6.07, 6.45) is 8.04. The molecule has 0 spiro atoms. The van der Waals surface area contributed by atoms with Crippen LogP contribution in [0.3, 0.4) is 0 Å². The molecule has 11 heteroatoms. The smallest absolute Gasteiger partial charge is 0.245 e. The van der Waals surface area contributed by atoms with Crippen molar-refractivity contribution >= 4 is 35.3 Å². The molecule has 2 atom stereocenters. The van der Waals surface area contributed by atoms with Crippen molar-refractivity contribution in [2.24, 2.45) is 0 Å². The van der Waals surface area contributed by atoms with Crippen LogP contribution < -0.4 is 30.3 Å². The highest BCUT2D eigenvalue weighted by atomic mass is 32.2. The molecule has 1 fully saturated rings. The van der Waals surface area contributed by atoms with Gasteiger partial charge in [-0.05, 0) is 71.7 Å². The van der Waals surface area contributed by atoms with E-state index < -0.39 is 12.1 Å². The number of carbonyl (C=O) groups excluding carboxylic acids is 2. The van der Waals surface area contributed by atoms with E-state index in [1.807, 2.05) is 41.5 Å². The van der Waals surface area contributed by atoms with Gasteiger partial charge in [0.25, 0.3) is 0 Å². The molecule has 266 valence electrons. The Morgan fingerprint density at radius 3 is 2.38 bits per heavy atom. The first-order chi connectivity index (χ1) is 24.3. The van der Waals surface area contributed by atoms with Gasteiger partial charge in [0.05, 0.1) is 33.1 Å². The zero-order valence-electron chi connectivity index (χ0n) is 29.6. The van der Waals surface area contributed by atoms with Gasteiger partial charge < -0.3 is 29.7 Å². The van der Waals surface area contributed by atoms with E-state index in [2.05, 4.69) is 39.8 Å². The van der Waals surface area contributed by atoms with Crippen LogP contribution in [0.1, 0.15) is 42.5 Å². The first-order valence-corrected chi connectivity index (χ1v) is 18.4. The molecule has 3 aromatic carbocycles. The summed E-state index contributed by atoms with van der Waals surface area (Å²) in [4.78, 5) is 44.6. The van der Waals surface area contributed by atoms with Gasteiger partial charge in [-0.3, -0.25) is 19.3 Å². The lowest BCUT2D eigenvalue weighted by molar-refractivity contribution is -0.133. The largest absolute Gasteiger partial charge is 0.493 e. The molecule has 10 nitrogen and oxygen atoms in total. The van der Waals surface area contributed by atoms with E-state index in [9.17, 15) is 14.4 Å². The summed E-state index contributed by atoms with van der Waals surface area (Å²) in [5, 5.41) is 6.39. The molecule has 50 heavy (non-hydrogen) atoms. The fraction of sp³-hybridized carbons (Fsp3) is 0.410. The van der Waals surface area contributed by atoms with Gasteiger partial charge in [-0.15, -0.1) is 0 Å². The van der Waals surface area contributed by atoms with Gasteiger partial charge in [0.1, 0.15) is 6.04 Å². The summed E-state index contributed by atoms with van der Waals surface area (Å²) in [6, 6.07) is 16.4. The summed E-state index contributed by atoms with van der Waals surface area (Å²) < 4.78 is 17.3. The van der Waals surface area contributed by atoms with E-state index in [1.54, 1.807) is 45.2 Å². The summed E-state index contributed by atoms with van der Waals surface area (Å²) in [5.41, 5.74) is 4.37. The van der Waals surface area contributed by atoms with Gasteiger partial charge in [-0.1, -0.05) is 48.6 Å². The molecule has 1 aliphatic carbocycles. The summed E-state index contributed by atoms with van der Waals surface area (Å²) in [6.45, 7) is 5.09. The third kappa shape index (κ3) is 8.62. The zero-order chi connectivity index (χ0) is 35.6. The predicted molar refractivity (Wildman–Crippen MR) is 202 cm³/mol. The van der Waals surface area contributed by atoms with Gasteiger partial charge in [-0.2, -0.15) is 11.8 Å². The SMILES string of the molecule is COc1cc2c(c(OC)c1OC)-c1ccc(N[C@@H](CCSC)C(=O)N3CCN(CC=Cc4ccccc4)CC3)c(=O)cc1[C@@H](NC(C)=O)CC2. The number of rotatable bonds is 13. The van der Waals surface area contributed by atoms with E-state index >= 15 is 0 Å². The lowest BCUT2D eigenvalue weighted by Gasteiger charge is -2.36. The molecule has 1 aliphatic heterocycles. The monoisotopic (exact) mass is 700 g/mol. The van der Waals surface area contributed by atoms with Crippen molar-refractivity contribution in [3.63, 3.8) is 0 Å². The standard InChI is InChI=1S/C39H48N4O6S/c1-26(44)40-31-15-13-28-24-35(47-2)37(48-3)38(49-4)36(28)29-14-16-32(34(45)25-30(29)31)41-33(17-23-50-5)39(46)43-21-19-42(20-22-43)18-9-12-27-10-7-6-8-11-27/h6-12,14,16,24-25,31,33H,13,15,17-23H2,1-5H3,(H,40,44)(H,41,45)/t31-,33-/m0/s1. The number of benzene rings is 2. The van der Waals surface area contributed by atoms with Gasteiger partial charge >= 0.3 is 0 Å². The maximum Gasteiger partial charge on any atom is 0.245 e. The summed E-state index contributed by atoms with van der Waals surface area (Å²) >= 11 is 1.66. The van der Waals surface area contributed by atoms with E-state index in [1.165, 1.54) is 12.5 Å². The molecule has 0 radical (unpaired) electrons. The molecular formula is C39H48N4O6S. The fourth-order valence-electron chi connectivity index (χ4n) is 6.78. The average molecular weight is 701 g/mol. The number of hydrogen-bond acceptors (Lipinski definition) is 9. The van der Waals surface area contributed by atoms with Gasteiger partial charge in [0.2, 0.25) is 23.0 Å². The summed E-state index contributed by atoms with van der Waals surface area (Å²) in [5.74, 6) is 2.03. The van der Waals surface area contributed by atoms with Crippen molar-refractivity contribution in [1.29, 1.82) is 0 Å². The first-order valence-electron chi connectivity index (χ1n) is 17.0. The van der Waals surface area contributed by atoms with E-state index in [4.69, 9.17) is 14.2 Å². The van der Waals surface area contributed by atoms with Crippen molar-refractivity contribution in [3.8, 4) is 28.4 Å². The number of anilines is 1. The van der Waals surface area contributed by atoms with Crippen molar-refractivity contribution in [2.75, 3.05) is 71.4 Å². The maximum atomic E-state index is 14.0. The number of hydrogen-bond donors (Lipinski definition) is 2. The molecule has 1 heterocycles. The second-order valence-corrected chi connectivity index (χ2v) is 13.5. The van der Waals surface area contributed by atoms with Crippen LogP contribution in [0.2, 0.25) is 0 Å². The number of methoxy groups -OCH3 is 3. The minimum atomic E-state index is -0.570. The fourth-order valence-corrected chi connectivity index (χ4v) is 7.25. The first kappa shape index (κ1) is 36.8. The molecule has 0 bridgehead atoms. The van der Waals surface area contributed by atoms with Crippen molar-refractivity contribution < 1.29 is 23.8 Å². The second-order valence-electron chi connectivity index (χ2n) is 12.5. The number of fused-ring (bicyclic) bond motifs is 3. The van der Waals surface area contributed by atoms with Crippen molar-refractivity contribution in [1.82, 2.24) is 15.1 Å². The van der Waals surface area contributed by atoms with Crippen LogP contribution in [0.25, 0.3) is 17.2 Å². The predicted octanol–water partition coefficient (Wildman–Crippen LogP) is 5.25. The normalized spacial score (nSPS) is 16.5. The zero-order valence-corrected chi connectivity index (χ0v) is 30.4. The number of thioether (sulfide) groups is 1. The Morgan fingerprint density at radius 1 is 0.980 bits per heavy atom. The van der Waals surface area contributed by atoms with Crippen LogP contribution in [-0.4, -0.2) is 93.7 Å². The molecule has 0 unspecified atom stereocenters. The molecule has 2 amide bonds. The quantitative estimate of drug-likeness (QED) is 0.247. The highest BCUT2D eigenvalue weighted by Gasteiger charge is 2.31. The van der Waals surface area contributed by atoms with E-state index in [-0.39, 0.29) is 17.2 Å². The van der Waals surface area contributed by atoms with Crippen LogP contribution in [-0.2, 0) is 16.0 Å². The second kappa shape index (κ2) is 17.4. The highest BCUT2D eigenvalue weighted by molar-refractivity contribution is 7.98. The molecular weight excluding hydrogens is 653 g/mol. The van der Waals surface area contributed by atoms with Crippen LogP contribution in [0.5, 0.6) is 17.2 Å². The lowest BCUT2D eigenvalue weighted by atomic mass is 9.95. The molecule has 1 saturated heterocycles. The van der Waals surface area contributed by atoms with Crippen LogP contribution in [0.15, 0.2) is 65.5 Å². The minimum Gasteiger partial charge on any atom is -0.493 e. The van der Waals surface area contributed by atoms with Gasteiger partial charge in [0.15, 0.2) is 11.5 Å². The van der Waals surface area contributed by atoms with Gasteiger partial charge in [-0.25, -0.2) is 0 Å². The van der Waals surface area contributed by atoms with E-state index in [0.717, 1.165) is 42.1 Å². The Balaban J connectivity index is 1.42. The Hall–Kier alpha value is -4.48. The lowest BCUT2D eigenvalue weighted by Crippen LogP contribution is -2.53. The number of nitrogens with zero attached hydrogens (tertiary/aromatic N) is 2. The molecule has 0 aromatic heterocycles. The van der Waals surface area contributed by atoms with Crippen LogP contribution in [0, 0.1) is 0 Å². The topological polar surface area (TPSA) is 109 Å². The Morgan fingerprint density at radius 2 is 1.72 bits per heavy atom. The number of amides is 2. The van der Waals surface area contributed by atoms with Crippen LogP contribution >= 0.6 is 11.8 Å². The molecule has 2 aliphatic rings. The van der Waals surface area contributed by atoms with Gasteiger partial charge in [0, 0.05) is 45.2 Å². The van der Waals surface area contributed by atoms with Crippen molar-refractivity contribution in [3.05, 3.63) is 87.6 Å². The third-order valence-corrected chi connectivity index (χ3v) is 9.96. The molecule has 0 saturated carbocycles. The Labute approximate surface area is 299 Å². The molecule has 3 aromatic rings. The average Bonchev–Trinajstić information content (AvgIpc) is 3.37. The van der Waals surface area contributed by atoms with Crippen molar-refractivity contribution in [2.45, 2.75) is 38.3 Å². The Kier molecular flexibility index (Phi) is 12.8. The molecule has 5 rings (SSSR count). The number of carbonyl (C=O) groups is 2. The third-order valence-electron chi connectivity index (χ3n) is 9.31. The maximum absolute atomic E-state index is 14.0. The number of nitrogens with one attached hydrogen (secondary N) is 2. The number of aryl methyl sites for hydroxylation is 1. The summed E-state index contributed by atoms with van der Waals surface area (Å²) in [7, 11) is 4.71.